The summed E-state index contributed by atoms with van der Waals surface area (Å²) in [6.45, 7) is 13.7. The number of aromatic carboxylic acids is 1. The van der Waals surface area contributed by atoms with Crippen LogP contribution in [-0.2, 0) is 17.8 Å². The highest BCUT2D eigenvalue weighted by molar-refractivity contribution is 6.03. The van der Waals surface area contributed by atoms with Gasteiger partial charge in [-0.2, -0.15) is 0 Å². The number of anilines is 2. The van der Waals surface area contributed by atoms with Crippen LogP contribution in [-0.4, -0.2) is 104 Å². The molecule has 13 heteroatoms. The third-order valence-electron chi connectivity index (χ3n) is 10.6. The molecule has 4 aromatic heterocycles. The van der Waals surface area contributed by atoms with Crippen molar-refractivity contribution in [2.45, 2.75) is 67.5 Å². The first kappa shape index (κ1) is 42.9. The lowest BCUT2D eigenvalue weighted by Crippen LogP contribution is -2.36. The highest BCUT2D eigenvalue weighted by Gasteiger charge is 2.20. The molecule has 304 valence electrons. The highest BCUT2D eigenvalue weighted by atomic mass is 16.5. The van der Waals surface area contributed by atoms with Gasteiger partial charge in [-0.15, -0.1) is 0 Å². The van der Waals surface area contributed by atoms with Crippen molar-refractivity contribution in [3.8, 4) is 11.3 Å². The van der Waals surface area contributed by atoms with Gasteiger partial charge in [-0.3, -0.25) is 19.6 Å². The van der Waals surface area contributed by atoms with Crippen molar-refractivity contribution < 1.29 is 19.4 Å². The number of amides is 1. The summed E-state index contributed by atoms with van der Waals surface area (Å²) in [5, 5.41) is 12.9. The van der Waals surface area contributed by atoms with Gasteiger partial charge in [0.2, 0.25) is 0 Å². The van der Waals surface area contributed by atoms with Crippen LogP contribution in [0.4, 0.5) is 11.5 Å². The molecule has 3 N–H and O–H groups in total. The number of carboxylic acids is 1. The highest BCUT2D eigenvalue weighted by Crippen LogP contribution is 2.30. The molecule has 2 atom stereocenters. The van der Waals surface area contributed by atoms with Crippen LogP contribution in [0.3, 0.4) is 0 Å². The molecule has 0 unspecified atom stereocenters. The average Bonchev–Trinajstić information content (AvgIpc) is 3.64. The minimum absolute atomic E-state index is 0. The lowest BCUT2D eigenvalue weighted by molar-refractivity contribution is 0.0689. The van der Waals surface area contributed by atoms with Gasteiger partial charge >= 0.3 is 5.97 Å². The van der Waals surface area contributed by atoms with E-state index < -0.39 is 5.97 Å². The van der Waals surface area contributed by atoms with Crippen molar-refractivity contribution in [2.75, 3.05) is 62.7 Å². The lowest BCUT2D eigenvalue weighted by Gasteiger charge is -2.30. The van der Waals surface area contributed by atoms with Gasteiger partial charge in [-0.05, 0) is 110 Å². The fourth-order valence-electron chi connectivity index (χ4n) is 7.80. The molecule has 3 aliphatic heterocycles. The molecular weight excluding hydrogens is 719 g/mol. The molecule has 7 heterocycles. The Labute approximate surface area is 336 Å². The van der Waals surface area contributed by atoms with Crippen LogP contribution in [0.2, 0.25) is 0 Å². The maximum atomic E-state index is 12.9. The second-order valence-corrected chi connectivity index (χ2v) is 15.1. The molecule has 3 aliphatic rings. The fraction of sp³-hybridized carbons (Fsp3) is 0.455. The third-order valence-corrected chi connectivity index (χ3v) is 10.6. The van der Waals surface area contributed by atoms with Gasteiger partial charge in [-0.25, -0.2) is 19.7 Å². The number of H-pyrrole nitrogens is 1. The zero-order valence-electron chi connectivity index (χ0n) is 31.8. The van der Waals surface area contributed by atoms with Crippen molar-refractivity contribution in [3.05, 3.63) is 95.8 Å². The standard InChI is InChI=1S/C29H33N7O2.C13H18N2O2.2CH4/c1-20-3-2-10-35(17-20)18-21-8-9-30-26(15-21)29(37)33-23-6-4-22(5-7-23)25-16-24-27(34-25)31-19-32-28(24)36-11-13-38-14-12-36;1-10-3-2-6-15(8-10)9-11-4-5-14-12(7-11)13(16)17;;/h4-9,15-16,19-20H,2-3,10-14,17-18H2,1H3,(H,33,37)(H,31,32,34);4-5,7,10H,2-3,6,8-9H2,1H3,(H,16,17);2*1H4/t20-;10-;;/m11../s1. The van der Waals surface area contributed by atoms with Crippen LogP contribution < -0.4 is 10.2 Å². The Kier molecular flexibility index (Phi) is 15.2. The number of benzene rings is 1. The number of ether oxygens (including phenoxy) is 1. The molecule has 57 heavy (non-hydrogen) atoms. The number of hydrogen-bond acceptors (Lipinski definition) is 10. The molecule has 0 spiro atoms. The van der Waals surface area contributed by atoms with E-state index in [1.54, 1.807) is 24.8 Å². The molecule has 5 aromatic rings. The summed E-state index contributed by atoms with van der Waals surface area (Å²) >= 11 is 0. The maximum absolute atomic E-state index is 12.9. The largest absolute Gasteiger partial charge is 0.477 e. The number of carboxylic acid groups (broad SMARTS) is 1. The van der Waals surface area contributed by atoms with Crippen molar-refractivity contribution in [3.63, 3.8) is 0 Å². The Hall–Kier alpha value is -5.24. The van der Waals surface area contributed by atoms with E-state index in [1.807, 2.05) is 42.5 Å². The van der Waals surface area contributed by atoms with Gasteiger partial charge in [-0.1, -0.05) is 40.8 Å². The summed E-state index contributed by atoms with van der Waals surface area (Å²) in [5.41, 5.74) is 6.20. The predicted octanol–water partition coefficient (Wildman–Crippen LogP) is 7.62. The van der Waals surface area contributed by atoms with Crippen molar-refractivity contribution in [2.24, 2.45) is 11.8 Å². The number of pyridine rings is 2. The number of hydrogen-bond donors (Lipinski definition) is 3. The normalized spacial score (nSPS) is 18.7. The zero-order chi connectivity index (χ0) is 38.1. The number of carbonyl (C=O) groups is 2. The Balaban J connectivity index is 0.000000276. The fourth-order valence-corrected chi connectivity index (χ4v) is 7.80. The zero-order valence-corrected chi connectivity index (χ0v) is 31.8. The predicted molar refractivity (Wildman–Crippen MR) is 227 cm³/mol. The van der Waals surface area contributed by atoms with Crippen LogP contribution in [0.25, 0.3) is 22.3 Å². The van der Waals surface area contributed by atoms with E-state index in [2.05, 4.69) is 64.9 Å². The molecule has 0 saturated carbocycles. The summed E-state index contributed by atoms with van der Waals surface area (Å²) in [7, 11) is 0. The van der Waals surface area contributed by atoms with E-state index in [-0.39, 0.29) is 26.5 Å². The summed E-state index contributed by atoms with van der Waals surface area (Å²) in [6.07, 6.45) is 9.96. The van der Waals surface area contributed by atoms with Gasteiger partial charge in [0.05, 0.1) is 18.6 Å². The number of nitrogens with zero attached hydrogens (tertiary/aromatic N) is 7. The molecule has 0 aliphatic carbocycles. The first-order chi connectivity index (χ1) is 26.8. The number of aromatic amines is 1. The second kappa shape index (κ2) is 20.3. The monoisotopic (exact) mass is 777 g/mol. The quantitative estimate of drug-likeness (QED) is 0.136. The van der Waals surface area contributed by atoms with E-state index in [0.717, 1.165) is 109 Å². The molecule has 0 radical (unpaired) electrons. The first-order valence-electron chi connectivity index (χ1n) is 19.4. The second-order valence-electron chi connectivity index (χ2n) is 15.1. The number of piperidine rings is 2. The van der Waals surface area contributed by atoms with Crippen LogP contribution in [0.1, 0.15) is 86.5 Å². The van der Waals surface area contributed by atoms with Gasteiger partial charge < -0.3 is 25.0 Å². The van der Waals surface area contributed by atoms with Crippen molar-refractivity contribution >= 4 is 34.4 Å². The number of fused-ring (bicyclic) bond motifs is 1. The minimum Gasteiger partial charge on any atom is -0.477 e. The van der Waals surface area contributed by atoms with Crippen LogP contribution >= 0.6 is 0 Å². The van der Waals surface area contributed by atoms with E-state index in [1.165, 1.54) is 25.7 Å². The molecule has 3 saturated heterocycles. The average molecular weight is 778 g/mol. The summed E-state index contributed by atoms with van der Waals surface area (Å²) in [6, 6.07) is 17.4. The van der Waals surface area contributed by atoms with Gasteiger partial charge in [0.15, 0.2) is 0 Å². The smallest absolute Gasteiger partial charge is 0.354 e. The SMILES string of the molecule is C.C.C[C@@H]1CCCN(Cc2ccnc(C(=O)Nc3ccc(-c4cc5c(N6CCOCC6)ncnc5[nH]4)cc3)c2)C1.C[C@@H]1CCCN(Cc2ccnc(C(=O)O)c2)C1. The van der Waals surface area contributed by atoms with E-state index in [0.29, 0.717) is 18.9 Å². The molecule has 1 aromatic carbocycles. The van der Waals surface area contributed by atoms with Crippen molar-refractivity contribution in [1.82, 2.24) is 34.7 Å². The summed E-state index contributed by atoms with van der Waals surface area (Å²) in [5.74, 6) is 1.22. The third kappa shape index (κ3) is 11.4. The van der Waals surface area contributed by atoms with Crippen LogP contribution in [0.15, 0.2) is 73.3 Å². The van der Waals surface area contributed by atoms with Crippen LogP contribution in [0.5, 0.6) is 0 Å². The molecule has 0 bridgehead atoms. The van der Waals surface area contributed by atoms with E-state index in [9.17, 15) is 9.59 Å². The first-order valence-corrected chi connectivity index (χ1v) is 19.4. The Morgan fingerprint density at radius 3 is 1.98 bits per heavy atom. The van der Waals surface area contributed by atoms with Crippen LogP contribution in [0, 0.1) is 11.8 Å². The van der Waals surface area contributed by atoms with Gasteiger partial charge in [0.25, 0.3) is 5.91 Å². The number of rotatable bonds is 9. The lowest BCUT2D eigenvalue weighted by atomic mass is 10.00. The van der Waals surface area contributed by atoms with E-state index in [4.69, 9.17) is 9.84 Å². The molecule has 13 nitrogen and oxygen atoms in total. The molecular formula is C44H59N9O4. The summed E-state index contributed by atoms with van der Waals surface area (Å²) < 4.78 is 5.49. The van der Waals surface area contributed by atoms with Crippen molar-refractivity contribution in [1.29, 1.82) is 0 Å². The number of nitrogens with one attached hydrogen (secondary N) is 2. The number of likely N-dealkylation sites (tertiary alicyclic amines) is 2. The minimum atomic E-state index is -0.959. The number of morpholine rings is 1. The number of aromatic nitrogens is 5. The molecule has 1 amide bonds. The Morgan fingerprint density at radius 2 is 1.39 bits per heavy atom. The van der Waals surface area contributed by atoms with E-state index >= 15 is 0 Å². The summed E-state index contributed by atoms with van der Waals surface area (Å²) in [4.78, 5) is 51.4. The maximum Gasteiger partial charge on any atom is 0.354 e. The molecule has 8 rings (SSSR count). The van der Waals surface area contributed by atoms with Gasteiger partial charge in [0.1, 0.15) is 29.2 Å². The van der Waals surface area contributed by atoms with Gasteiger partial charge in [0, 0.05) is 63.0 Å². The topological polar surface area (TPSA) is 153 Å². The Morgan fingerprint density at radius 1 is 0.789 bits per heavy atom. The Bertz CT molecular complexity index is 2060. The number of carbonyl (C=O) groups excluding carboxylic acids is 1. The molecule has 3 fully saturated rings.